The van der Waals surface area contributed by atoms with Gasteiger partial charge in [-0.3, -0.25) is 0 Å². The largest absolute Gasteiger partial charge is 0.464 e. The van der Waals surface area contributed by atoms with Gasteiger partial charge in [0.2, 0.25) is 10.0 Å². The number of aldehydes is 1. The highest BCUT2D eigenvalue weighted by atomic mass is 32.2. The molecule has 0 bridgehead atoms. The third-order valence-electron chi connectivity index (χ3n) is 1.71. The van der Waals surface area contributed by atoms with Crippen molar-refractivity contribution in [1.29, 1.82) is 0 Å². The van der Waals surface area contributed by atoms with E-state index in [9.17, 15) is 18.0 Å². The molecule has 0 saturated heterocycles. The summed E-state index contributed by atoms with van der Waals surface area (Å²) in [5, 5.41) is 8.13. The van der Waals surface area contributed by atoms with E-state index in [4.69, 9.17) is 5.11 Å². The van der Waals surface area contributed by atoms with Crippen LogP contribution in [0, 0.1) is 0 Å². The van der Waals surface area contributed by atoms with Crippen LogP contribution in [0.25, 0.3) is 0 Å². The number of carboxylic acid groups (broad SMARTS) is 1. The van der Waals surface area contributed by atoms with Gasteiger partial charge in [0.1, 0.15) is 11.0 Å². The zero-order chi connectivity index (χ0) is 9.41. The molecule has 68 valence electrons. The van der Waals surface area contributed by atoms with E-state index in [1.54, 1.807) is 0 Å². The predicted octanol–water partition coefficient (Wildman–Crippen LogP) is -0.685. The van der Waals surface area contributed by atoms with Crippen molar-refractivity contribution in [2.24, 2.45) is 0 Å². The highest BCUT2D eigenvalue weighted by Gasteiger charge is 2.55. The van der Waals surface area contributed by atoms with Crippen LogP contribution in [0.5, 0.6) is 0 Å². The topological polar surface area (TPSA) is 101 Å². The Balaban J connectivity index is 2.86. The lowest BCUT2D eigenvalue weighted by atomic mass is 10.5. The summed E-state index contributed by atoms with van der Waals surface area (Å²) in [6.07, 6.45) is -1.00. The number of hydrogen-bond acceptors (Lipinski definition) is 4. The lowest BCUT2D eigenvalue weighted by Crippen LogP contribution is -2.39. The van der Waals surface area contributed by atoms with Crippen LogP contribution in [-0.4, -0.2) is 30.7 Å². The fourth-order valence-electron chi connectivity index (χ4n) is 0.790. The number of rotatable bonds is 3. The molecule has 0 aliphatic heterocycles. The van der Waals surface area contributed by atoms with Crippen LogP contribution < -0.4 is 4.72 Å². The van der Waals surface area contributed by atoms with Crippen LogP contribution in [0.4, 0.5) is 4.79 Å². The van der Waals surface area contributed by atoms with Crippen molar-refractivity contribution in [3.8, 4) is 0 Å². The number of carbonyl (C=O) groups excluding carboxylic acids is 1. The zero-order valence-corrected chi connectivity index (χ0v) is 6.80. The van der Waals surface area contributed by atoms with Crippen LogP contribution >= 0.6 is 0 Å². The Morgan fingerprint density at radius 3 is 2.25 bits per heavy atom. The molecule has 12 heavy (non-hydrogen) atoms. The summed E-state index contributed by atoms with van der Waals surface area (Å²) in [6, 6.07) is 0. The average Bonchev–Trinajstić information content (AvgIpc) is 2.62. The smallest absolute Gasteiger partial charge is 0.418 e. The lowest BCUT2D eigenvalue weighted by Gasteiger charge is -2.07. The predicted molar refractivity (Wildman–Crippen MR) is 38.1 cm³/mol. The van der Waals surface area contributed by atoms with Crippen molar-refractivity contribution in [3.63, 3.8) is 0 Å². The molecule has 0 unspecified atom stereocenters. The number of amides is 1. The summed E-state index contributed by atoms with van der Waals surface area (Å²) >= 11 is 0. The molecule has 0 spiro atoms. The molecular weight excluding hydrogens is 186 g/mol. The molecule has 7 heteroatoms. The van der Waals surface area contributed by atoms with Gasteiger partial charge in [0.25, 0.3) is 0 Å². The standard InChI is InChI=1S/C5H7NO5S/c7-3-5(1-2-5)12(10,11)6-4(8)9/h3,6H,1-2H2,(H,8,9). The molecule has 1 rings (SSSR count). The van der Waals surface area contributed by atoms with Crippen molar-refractivity contribution in [1.82, 2.24) is 4.72 Å². The summed E-state index contributed by atoms with van der Waals surface area (Å²) < 4.78 is 21.9. The number of sulfonamides is 1. The van der Waals surface area contributed by atoms with Gasteiger partial charge in [0.05, 0.1) is 0 Å². The molecule has 0 atom stereocenters. The van der Waals surface area contributed by atoms with Gasteiger partial charge >= 0.3 is 6.09 Å². The minimum absolute atomic E-state index is 0.194. The van der Waals surface area contributed by atoms with Crippen LogP contribution in [0.1, 0.15) is 12.8 Å². The first-order valence-corrected chi connectivity index (χ1v) is 4.63. The molecule has 1 saturated carbocycles. The van der Waals surface area contributed by atoms with Crippen molar-refractivity contribution >= 4 is 22.4 Å². The van der Waals surface area contributed by atoms with Crippen molar-refractivity contribution in [2.45, 2.75) is 17.6 Å². The Hall–Kier alpha value is -1.11. The minimum Gasteiger partial charge on any atom is -0.464 e. The molecule has 1 fully saturated rings. The number of hydrogen-bond donors (Lipinski definition) is 2. The van der Waals surface area contributed by atoms with Gasteiger partial charge in [-0.1, -0.05) is 0 Å². The monoisotopic (exact) mass is 193 g/mol. The van der Waals surface area contributed by atoms with Crippen molar-refractivity contribution in [2.75, 3.05) is 0 Å². The number of carbonyl (C=O) groups is 2. The minimum atomic E-state index is -4.02. The van der Waals surface area contributed by atoms with Gasteiger partial charge in [0.15, 0.2) is 0 Å². The molecule has 0 aromatic rings. The summed E-state index contributed by atoms with van der Waals surface area (Å²) in [5.74, 6) is 0. The van der Waals surface area contributed by atoms with Crippen molar-refractivity contribution in [3.05, 3.63) is 0 Å². The Bertz CT molecular complexity index is 315. The second-order valence-corrected chi connectivity index (χ2v) is 4.62. The molecule has 0 aromatic heterocycles. The Kier molecular flexibility index (Phi) is 1.83. The fourth-order valence-corrected chi connectivity index (χ4v) is 1.99. The van der Waals surface area contributed by atoms with Gasteiger partial charge in [-0.2, -0.15) is 0 Å². The fraction of sp³-hybridized carbons (Fsp3) is 0.600. The molecular formula is C5H7NO5S. The van der Waals surface area contributed by atoms with E-state index in [-0.39, 0.29) is 19.1 Å². The first-order valence-electron chi connectivity index (χ1n) is 3.15. The van der Waals surface area contributed by atoms with Crippen LogP contribution in [0.15, 0.2) is 0 Å². The summed E-state index contributed by atoms with van der Waals surface area (Å²) in [6.45, 7) is 0. The van der Waals surface area contributed by atoms with Gasteiger partial charge in [-0.05, 0) is 12.8 Å². The molecule has 0 radical (unpaired) electrons. The molecule has 6 nitrogen and oxygen atoms in total. The van der Waals surface area contributed by atoms with Crippen LogP contribution in [0.3, 0.4) is 0 Å². The lowest BCUT2D eigenvalue weighted by molar-refractivity contribution is -0.108. The molecule has 0 heterocycles. The molecule has 1 aliphatic rings. The highest BCUT2D eigenvalue weighted by Crippen LogP contribution is 2.40. The Morgan fingerprint density at radius 2 is 2.00 bits per heavy atom. The van der Waals surface area contributed by atoms with Crippen molar-refractivity contribution < 1.29 is 23.1 Å². The maximum atomic E-state index is 11.0. The molecule has 1 amide bonds. The highest BCUT2D eigenvalue weighted by molar-refractivity contribution is 7.92. The third-order valence-corrected chi connectivity index (χ3v) is 3.73. The molecule has 2 N–H and O–H groups in total. The van der Waals surface area contributed by atoms with E-state index in [0.717, 1.165) is 0 Å². The van der Waals surface area contributed by atoms with Crippen LogP contribution in [0.2, 0.25) is 0 Å². The van der Waals surface area contributed by atoms with Gasteiger partial charge < -0.3 is 9.90 Å². The quantitative estimate of drug-likeness (QED) is 0.578. The first-order chi connectivity index (χ1) is 5.43. The first kappa shape index (κ1) is 8.98. The third kappa shape index (κ3) is 1.27. The summed E-state index contributed by atoms with van der Waals surface area (Å²) in [7, 11) is -4.02. The van der Waals surface area contributed by atoms with E-state index in [0.29, 0.717) is 0 Å². The second kappa shape index (κ2) is 2.44. The Labute approximate surface area is 68.6 Å². The normalized spacial score (nSPS) is 19.7. The van der Waals surface area contributed by atoms with E-state index >= 15 is 0 Å². The van der Waals surface area contributed by atoms with E-state index in [1.807, 2.05) is 0 Å². The number of nitrogens with one attached hydrogen (secondary N) is 1. The molecule has 0 aromatic carbocycles. The van der Waals surface area contributed by atoms with E-state index < -0.39 is 20.9 Å². The van der Waals surface area contributed by atoms with E-state index in [2.05, 4.69) is 0 Å². The van der Waals surface area contributed by atoms with Gasteiger partial charge in [-0.15, -0.1) is 0 Å². The maximum Gasteiger partial charge on any atom is 0.418 e. The Morgan fingerprint density at radius 1 is 1.50 bits per heavy atom. The molecule has 1 aliphatic carbocycles. The second-order valence-electron chi connectivity index (χ2n) is 2.59. The van der Waals surface area contributed by atoms with Gasteiger partial charge in [-0.25, -0.2) is 17.9 Å². The summed E-state index contributed by atoms with van der Waals surface area (Å²) in [4.78, 5) is 20.3. The van der Waals surface area contributed by atoms with E-state index in [1.165, 1.54) is 4.72 Å². The zero-order valence-electron chi connectivity index (χ0n) is 5.98. The summed E-state index contributed by atoms with van der Waals surface area (Å²) in [5.41, 5.74) is 0. The SMILES string of the molecule is O=CC1(S(=O)(=O)NC(=O)O)CC1. The maximum absolute atomic E-state index is 11.0. The van der Waals surface area contributed by atoms with Crippen LogP contribution in [-0.2, 0) is 14.8 Å². The van der Waals surface area contributed by atoms with Gasteiger partial charge in [0, 0.05) is 0 Å². The average molecular weight is 193 g/mol.